The van der Waals surface area contributed by atoms with Gasteiger partial charge in [0.2, 0.25) is 0 Å². The average molecular weight is 224 g/mol. The van der Waals surface area contributed by atoms with Crippen molar-refractivity contribution in [2.75, 3.05) is 13.2 Å². The Bertz CT molecular complexity index is 328. The van der Waals surface area contributed by atoms with Crippen molar-refractivity contribution in [3.8, 4) is 0 Å². The molecule has 16 heavy (non-hydrogen) atoms. The molecule has 0 unspecified atom stereocenters. The Morgan fingerprint density at radius 1 is 1.12 bits per heavy atom. The molecule has 4 heteroatoms. The van der Waals surface area contributed by atoms with Crippen LogP contribution in [-0.4, -0.2) is 37.1 Å². The van der Waals surface area contributed by atoms with Gasteiger partial charge in [-0.25, -0.2) is 9.98 Å². The molecule has 0 saturated heterocycles. The second-order valence-electron chi connectivity index (χ2n) is 5.58. The molecule has 2 atom stereocenters. The highest BCUT2D eigenvalue weighted by Gasteiger charge is 2.31. The predicted octanol–water partition coefficient (Wildman–Crippen LogP) is 2.04. The molecule has 2 aliphatic heterocycles. The lowest BCUT2D eigenvalue weighted by molar-refractivity contribution is 0.233. The van der Waals surface area contributed by atoms with Crippen molar-refractivity contribution in [2.45, 2.75) is 46.2 Å². The Morgan fingerprint density at radius 3 is 2.25 bits per heavy atom. The summed E-state index contributed by atoms with van der Waals surface area (Å²) in [6.45, 7) is 9.95. The molecule has 0 bridgehead atoms. The molecule has 0 radical (unpaired) electrons. The number of nitrogens with zero attached hydrogens (tertiary/aromatic N) is 2. The van der Waals surface area contributed by atoms with Crippen LogP contribution in [0.3, 0.4) is 0 Å². The summed E-state index contributed by atoms with van der Waals surface area (Å²) in [7, 11) is 0. The minimum absolute atomic E-state index is 0.160. The van der Waals surface area contributed by atoms with E-state index in [2.05, 4.69) is 30.8 Å². The first kappa shape index (κ1) is 11.4. The Hall–Kier alpha value is -1.06. The first-order chi connectivity index (χ1) is 7.45. The number of ether oxygens (including phenoxy) is 2. The fraction of sp³-hybridized carbons (Fsp3) is 0.833. The molecular weight excluding hydrogens is 204 g/mol. The van der Waals surface area contributed by atoms with Crippen LogP contribution in [0.1, 0.15) is 34.1 Å². The number of hydrogen-bond acceptors (Lipinski definition) is 4. The molecule has 90 valence electrons. The van der Waals surface area contributed by atoms with Crippen LogP contribution < -0.4 is 0 Å². The van der Waals surface area contributed by atoms with Gasteiger partial charge < -0.3 is 9.47 Å². The van der Waals surface area contributed by atoms with Crippen LogP contribution in [-0.2, 0) is 9.47 Å². The fourth-order valence-corrected chi connectivity index (χ4v) is 1.73. The molecule has 0 fully saturated rings. The van der Waals surface area contributed by atoms with Gasteiger partial charge in [-0.3, -0.25) is 0 Å². The van der Waals surface area contributed by atoms with Gasteiger partial charge in [-0.2, -0.15) is 0 Å². The van der Waals surface area contributed by atoms with E-state index in [1.807, 2.05) is 6.92 Å². The summed E-state index contributed by atoms with van der Waals surface area (Å²) in [6.07, 6.45) is 0.608. The zero-order chi connectivity index (χ0) is 11.8. The van der Waals surface area contributed by atoms with Gasteiger partial charge in [0.1, 0.15) is 13.2 Å². The SMILES string of the molecule is C[C@H]1COC(CC2=N[C@@H](C(C)(C)C)CO2)=N1. The van der Waals surface area contributed by atoms with Crippen molar-refractivity contribution < 1.29 is 9.47 Å². The zero-order valence-corrected chi connectivity index (χ0v) is 10.5. The quantitative estimate of drug-likeness (QED) is 0.720. The smallest absolute Gasteiger partial charge is 0.193 e. The molecule has 0 aromatic heterocycles. The van der Waals surface area contributed by atoms with Crippen molar-refractivity contribution in [1.29, 1.82) is 0 Å². The number of rotatable bonds is 2. The van der Waals surface area contributed by atoms with E-state index in [1.54, 1.807) is 0 Å². The van der Waals surface area contributed by atoms with E-state index in [1.165, 1.54) is 0 Å². The Labute approximate surface area is 96.8 Å². The van der Waals surface area contributed by atoms with Crippen LogP contribution in [0.4, 0.5) is 0 Å². The third-order valence-corrected chi connectivity index (χ3v) is 2.87. The lowest BCUT2D eigenvalue weighted by atomic mass is 9.88. The topological polar surface area (TPSA) is 43.2 Å². The maximum Gasteiger partial charge on any atom is 0.193 e. The van der Waals surface area contributed by atoms with Crippen molar-refractivity contribution >= 4 is 11.8 Å². The molecule has 0 saturated carbocycles. The van der Waals surface area contributed by atoms with E-state index in [9.17, 15) is 0 Å². The molecule has 4 nitrogen and oxygen atoms in total. The molecule has 0 aromatic rings. The second-order valence-corrected chi connectivity index (χ2v) is 5.58. The van der Waals surface area contributed by atoms with Crippen LogP contribution in [0.25, 0.3) is 0 Å². The first-order valence-electron chi connectivity index (χ1n) is 5.84. The van der Waals surface area contributed by atoms with E-state index < -0.39 is 0 Å². The van der Waals surface area contributed by atoms with Crippen molar-refractivity contribution in [3.05, 3.63) is 0 Å². The minimum atomic E-state index is 0.160. The Morgan fingerprint density at radius 2 is 1.75 bits per heavy atom. The Balaban J connectivity index is 1.95. The summed E-state index contributed by atoms with van der Waals surface area (Å²) >= 11 is 0. The van der Waals surface area contributed by atoms with Gasteiger partial charge in [0, 0.05) is 0 Å². The van der Waals surface area contributed by atoms with Crippen LogP contribution in [0.2, 0.25) is 0 Å². The van der Waals surface area contributed by atoms with Crippen LogP contribution in [0.15, 0.2) is 9.98 Å². The molecule has 0 aromatic carbocycles. The molecule has 0 N–H and O–H groups in total. The molecule has 2 rings (SSSR count). The molecule has 2 aliphatic rings. The molecular formula is C12H20N2O2. The van der Waals surface area contributed by atoms with Gasteiger partial charge in [-0.05, 0) is 12.3 Å². The summed E-state index contributed by atoms with van der Waals surface area (Å²) < 4.78 is 11.0. The lowest BCUT2D eigenvalue weighted by Crippen LogP contribution is -2.25. The highest BCUT2D eigenvalue weighted by Crippen LogP contribution is 2.26. The molecule has 2 heterocycles. The monoisotopic (exact) mass is 224 g/mol. The van der Waals surface area contributed by atoms with E-state index in [0.717, 1.165) is 11.8 Å². The predicted molar refractivity (Wildman–Crippen MR) is 64.1 cm³/mol. The van der Waals surface area contributed by atoms with Gasteiger partial charge in [0.05, 0.1) is 18.5 Å². The summed E-state index contributed by atoms with van der Waals surface area (Å²) in [5, 5.41) is 0. The van der Waals surface area contributed by atoms with Gasteiger partial charge in [0.15, 0.2) is 11.8 Å². The van der Waals surface area contributed by atoms with E-state index in [0.29, 0.717) is 19.6 Å². The van der Waals surface area contributed by atoms with Gasteiger partial charge in [-0.15, -0.1) is 0 Å². The molecule has 0 aliphatic carbocycles. The van der Waals surface area contributed by atoms with E-state index >= 15 is 0 Å². The largest absolute Gasteiger partial charge is 0.478 e. The van der Waals surface area contributed by atoms with Gasteiger partial charge in [0.25, 0.3) is 0 Å². The summed E-state index contributed by atoms with van der Waals surface area (Å²) in [6, 6.07) is 0.525. The molecule has 0 amide bonds. The van der Waals surface area contributed by atoms with Crippen LogP contribution in [0.5, 0.6) is 0 Å². The second kappa shape index (κ2) is 4.07. The number of aliphatic imine (C=N–C) groups is 2. The van der Waals surface area contributed by atoms with Gasteiger partial charge in [-0.1, -0.05) is 20.8 Å². The van der Waals surface area contributed by atoms with Crippen LogP contribution in [0, 0.1) is 5.41 Å². The van der Waals surface area contributed by atoms with Crippen molar-refractivity contribution in [3.63, 3.8) is 0 Å². The standard InChI is InChI=1S/C12H20N2O2/c1-8-6-15-10(13-8)5-11-14-9(7-16-11)12(2,3)4/h8-9H,5-7H2,1-4H3/t8-,9+/m0/s1. The van der Waals surface area contributed by atoms with E-state index in [-0.39, 0.29) is 17.5 Å². The fourth-order valence-electron chi connectivity index (χ4n) is 1.73. The molecule has 0 spiro atoms. The Kier molecular flexibility index (Phi) is 2.91. The third-order valence-electron chi connectivity index (χ3n) is 2.87. The highest BCUT2D eigenvalue weighted by molar-refractivity contribution is 5.98. The van der Waals surface area contributed by atoms with Crippen LogP contribution >= 0.6 is 0 Å². The minimum Gasteiger partial charge on any atom is -0.478 e. The summed E-state index contributed by atoms with van der Waals surface area (Å²) in [5.41, 5.74) is 0.160. The number of hydrogen-bond donors (Lipinski definition) is 0. The van der Waals surface area contributed by atoms with Crippen molar-refractivity contribution in [1.82, 2.24) is 0 Å². The maximum absolute atomic E-state index is 5.58. The normalized spacial score (nSPS) is 29.5. The summed E-state index contributed by atoms with van der Waals surface area (Å²) in [4.78, 5) is 8.95. The third kappa shape index (κ3) is 2.54. The lowest BCUT2D eigenvalue weighted by Gasteiger charge is -2.21. The first-order valence-corrected chi connectivity index (χ1v) is 5.84. The maximum atomic E-state index is 5.58. The van der Waals surface area contributed by atoms with Crippen molar-refractivity contribution in [2.24, 2.45) is 15.4 Å². The highest BCUT2D eigenvalue weighted by atomic mass is 16.5. The summed E-state index contributed by atoms with van der Waals surface area (Å²) in [5.74, 6) is 1.54. The van der Waals surface area contributed by atoms with E-state index in [4.69, 9.17) is 9.47 Å². The zero-order valence-electron chi connectivity index (χ0n) is 10.5. The average Bonchev–Trinajstić information content (AvgIpc) is 2.74. The van der Waals surface area contributed by atoms with Gasteiger partial charge >= 0.3 is 0 Å².